The molecule has 4 heteroatoms. The summed E-state index contributed by atoms with van der Waals surface area (Å²) in [6, 6.07) is 0.0629. The van der Waals surface area contributed by atoms with E-state index >= 15 is 0 Å². The molecule has 2 N–H and O–H groups in total. The average molecular weight is 225 g/mol. The number of carbonyl (C=O) groups is 1. The zero-order valence-electron chi connectivity index (χ0n) is 10.2. The van der Waals surface area contributed by atoms with Crippen LogP contribution >= 0.6 is 0 Å². The molecule has 0 bridgehead atoms. The maximum Gasteiger partial charge on any atom is 0.237 e. The molecular weight excluding hydrogens is 202 g/mol. The standard InChI is InChI=1S/C12H23N3O/c1-15-7-5-10(9-15)8-14-12(16)11-4-2-3-6-13-11/h10-11,13H,2-9H2,1H3,(H,14,16). The highest BCUT2D eigenvalue weighted by Crippen LogP contribution is 2.13. The van der Waals surface area contributed by atoms with Crippen molar-refractivity contribution in [3.8, 4) is 0 Å². The Labute approximate surface area is 97.8 Å². The van der Waals surface area contributed by atoms with Crippen LogP contribution in [0.5, 0.6) is 0 Å². The Balaban J connectivity index is 1.66. The van der Waals surface area contributed by atoms with Crippen LogP contribution in [0.15, 0.2) is 0 Å². The van der Waals surface area contributed by atoms with Crippen LogP contribution in [-0.2, 0) is 4.79 Å². The van der Waals surface area contributed by atoms with Gasteiger partial charge in [-0.2, -0.15) is 0 Å². The molecule has 16 heavy (non-hydrogen) atoms. The van der Waals surface area contributed by atoms with Crippen molar-refractivity contribution in [2.24, 2.45) is 5.92 Å². The molecular formula is C12H23N3O. The Hall–Kier alpha value is -0.610. The van der Waals surface area contributed by atoms with E-state index in [0.717, 1.165) is 26.1 Å². The number of nitrogens with one attached hydrogen (secondary N) is 2. The first kappa shape index (κ1) is 11.9. The molecule has 2 rings (SSSR count). The molecule has 2 aliphatic heterocycles. The molecule has 2 heterocycles. The van der Waals surface area contributed by atoms with Crippen molar-refractivity contribution in [2.45, 2.75) is 31.7 Å². The monoisotopic (exact) mass is 225 g/mol. The average Bonchev–Trinajstić information content (AvgIpc) is 2.73. The van der Waals surface area contributed by atoms with Gasteiger partial charge in [-0.3, -0.25) is 4.79 Å². The Morgan fingerprint density at radius 2 is 2.31 bits per heavy atom. The van der Waals surface area contributed by atoms with Crippen LogP contribution in [0.25, 0.3) is 0 Å². The van der Waals surface area contributed by atoms with Gasteiger partial charge in [0.1, 0.15) is 0 Å². The lowest BCUT2D eigenvalue weighted by atomic mass is 10.0. The van der Waals surface area contributed by atoms with Gasteiger partial charge in [0.15, 0.2) is 0 Å². The second-order valence-corrected chi connectivity index (χ2v) is 5.16. The largest absolute Gasteiger partial charge is 0.354 e. The maximum atomic E-state index is 11.8. The third-order valence-corrected chi connectivity index (χ3v) is 3.68. The number of amides is 1. The highest BCUT2D eigenvalue weighted by molar-refractivity contribution is 5.81. The Kier molecular flexibility index (Phi) is 4.18. The number of hydrogen-bond acceptors (Lipinski definition) is 3. The van der Waals surface area contributed by atoms with Gasteiger partial charge in [-0.15, -0.1) is 0 Å². The Morgan fingerprint density at radius 1 is 1.44 bits per heavy atom. The second-order valence-electron chi connectivity index (χ2n) is 5.16. The van der Waals surface area contributed by atoms with E-state index < -0.39 is 0 Å². The first-order valence-corrected chi connectivity index (χ1v) is 6.45. The molecule has 92 valence electrons. The number of likely N-dealkylation sites (tertiary alicyclic amines) is 1. The van der Waals surface area contributed by atoms with Crippen molar-refractivity contribution >= 4 is 5.91 Å². The summed E-state index contributed by atoms with van der Waals surface area (Å²) in [4.78, 5) is 14.2. The lowest BCUT2D eigenvalue weighted by Crippen LogP contribution is -2.47. The van der Waals surface area contributed by atoms with Gasteiger partial charge < -0.3 is 15.5 Å². The van der Waals surface area contributed by atoms with Crippen LogP contribution in [0.4, 0.5) is 0 Å². The minimum Gasteiger partial charge on any atom is -0.354 e. The van der Waals surface area contributed by atoms with Gasteiger partial charge in [0.05, 0.1) is 6.04 Å². The number of rotatable bonds is 3. The molecule has 2 saturated heterocycles. The number of carbonyl (C=O) groups excluding carboxylic acids is 1. The molecule has 1 amide bonds. The van der Waals surface area contributed by atoms with E-state index in [1.807, 2.05) is 0 Å². The first-order valence-electron chi connectivity index (χ1n) is 6.45. The normalized spacial score (nSPS) is 31.6. The SMILES string of the molecule is CN1CCC(CNC(=O)C2CCCCN2)C1. The van der Waals surface area contributed by atoms with E-state index in [2.05, 4.69) is 22.6 Å². The Bertz CT molecular complexity index is 238. The van der Waals surface area contributed by atoms with Gasteiger partial charge in [0, 0.05) is 13.1 Å². The fraction of sp³-hybridized carbons (Fsp3) is 0.917. The van der Waals surface area contributed by atoms with E-state index in [4.69, 9.17) is 0 Å². The van der Waals surface area contributed by atoms with Crippen LogP contribution in [0.2, 0.25) is 0 Å². The van der Waals surface area contributed by atoms with Gasteiger partial charge in [-0.05, 0) is 45.3 Å². The van der Waals surface area contributed by atoms with Crippen LogP contribution < -0.4 is 10.6 Å². The van der Waals surface area contributed by atoms with Gasteiger partial charge in [-0.25, -0.2) is 0 Å². The summed E-state index contributed by atoms with van der Waals surface area (Å²) in [6.07, 6.45) is 4.60. The summed E-state index contributed by atoms with van der Waals surface area (Å²) in [6.45, 7) is 4.13. The Morgan fingerprint density at radius 3 is 2.94 bits per heavy atom. The van der Waals surface area contributed by atoms with Crippen molar-refractivity contribution in [3.05, 3.63) is 0 Å². The first-order chi connectivity index (χ1) is 7.75. The zero-order chi connectivity index (χ0) is 11.4. The summed E-state index contributed by atoms with van der Waals surface area (Å²) < 4.78 is 0. The third kappa shape index (κ3) is 3.19. The predicted molar refractivity (Wildman–Crippen MR) is 64.3 cm³/mol. The number of nitrogens with zero attached hydrogens (tertiary/aromatic N) is 1. The van der Waals surface area contributed by atoms with Gasteiger partial charge in [0.2, 0.25) is 5.91 Å². The maximum absolute atomic E-state index is 11.8. The highest BCUT2D eigenvalue weighted by Gasteiger charge is 2.23. The van der Waals surface area contributed by atoms with Crippen molar-refractivity contribution in [1.29, 1.82) is 0 Å². The number of piperidine rings is 1. The van der Waals surface area contributed by atoms with E-state index in [-0.39, 0.29) is 11.9 Å². The van der Waals surface area contributed by atoms with Crippen LogP contribution in [0.3, 0.4) is 0 Å². The van der Waals surface area contributed by atoms with Crippen molar-refractivity contribution in [3.63, 3.8) is 0 Å². The topological polar surface area (TPSA) is 44.4 Å². The third-order valence-electron chi connectivity index (χ3n) is 3.68. The lowest BCUT2D eigenvalue weighted by Gasteiger charge is -2.23. The summed E-state index contributed by atoms with van der Waals surface area (Å²) in [5.41, 5.74) is 0. The highest BCUT2D eigenvalue weighted by atomic mass is 16.2. The molecule has 2 aliphatic rings. The number of hydrogen-bond donors (Lipinski definition) is 2. The van der Waals surface area contributed by atoms with Crippen molar-refractivity contribution in [2.75, 3.05) is 33.2 Å². The molecule has 4 nitrogen and oxygen atoms in total. The molecule has 0 aliphatic carbocycles. The smallest absolute Gasteiger partial charge is 0.237 e. The quantitative estimate of drug-likeness (QED) is 0.721. The summed E-state index contributed by atoms with van der Waals surface area (Å²) >= 11 is 0. The van der Waals surface area contributed by atoms with E-state index in [1.165, 1.54) is 25.8 Å². The fourth-order valence-corrected chi connectivity index (χ4v) is 2.64. The van der Waals surface area contributed by atoms with Gasteiger partial charge in [-0.1, -0.05) is 6.42 Å². The van der Waals surface area contributed by atoms with Gasteiger partial charge in [0.25, 0.3) is 0 Å². The van der Waals surface area contributed by atoms with Gasteiger partial charge >= 0.3 is 0 Å². The molecule has 0 aromatic carbocycles. The predicted octanol–water partition coefficient (Wildman–Crippen LogP) is 0.196. The zero-order valence-corrected chi connectivity index (χ0v) is 10.2. The minimum atomic E-state index is 0.0629. The van der Waals surface area contributed by atoms with Crippen LogP contribution in [0.1, 0.15) is 25.7 Å². The molecule has 2 fully saturated rings. The van der Waals surface area contributed by atoms with E-state index in [0.29, 0.717) is 5.92 Å². The minimum absolute atomic E-state index is 0.0629. The van der Waals surface area contributed by atoms with Crippen molar-refractivity contribution < 1.29 is 4.79 Å². The molecule has 2 unspecified atom stereocenters. The van der Waals surface area contributed by atoms with Crippen LogP contribution in [-0.4, -0.2) is 50.1 Å². The second kappa shape index (κ2) is 5.64. The van der Waals surface area contributed by atoms with E-state index in [9.17, 15) is 4.79 Å². The fourth-order valence-electron chi connectivity index (χ4n) is 2.64. The molecule has 2 atom stereocenters. The molecule has 0 radical (unpaired) electrons. The van der Waals surface area contributed by atoms with E-state index in [1.54, 1.807) is 0 Å². The molecule has 0 saturated carbocycles. The summed E-state index contributed by atoms with van der Waals surface area (Å²) in [5, 5.41) is 6.37. The molecule has 0 spiro atoms. The summed E-state index contributed by atoms with van der Waals surface area (Å²) in [5.74, 6) is 0.854. The van der Waals surface area contributed by atoms with Crippen LogP contribution in [0, 0.1) is 5.92 Å². The summed E-state index contributed by atoms with van der Waals surface area (Å²) in [7, 11) is 2.14. The van der Waals surface area contributed by atoms with Crippen molar-refractivity contribution in [1.82, 2.24) is 15.5 Å². The molecule has 0 aromatic rings. The molecule has 0 aromatic heterocycles. The lowest BCUT2D eigenvalue weighted by molar-refractivity contribution is -0.123.